The molecule has 0 fully saturated rings. The number of nitrogens with one attached hydrogen (secondary N) is 3. The first-order chi connectivity index (χ1) is 13.9. The lowest BCUT2D eigenvalue weighted by Crippen LogP contribution is -2.42. The molecule has 0 spiro atoms. The van der Waals surface area contributed by atoms with E-state index in [1.807, 2.05) is 5.32 Å². The van der Waals surface area contributed by atoms with Crippen LogP contribution in [0.5, 0.6) is 0 Å². The number of amides is 1. The van der Waals surface area contributed by atoms with E-state index in [4.69, 9.17) is 0 Å². The first-order valence-corrected chi connectivity index (χ1v) is 10.6. The molecule has 30 heavy (non-hydrogen) atoms. The Bertz CT molecular complexity index is 1190. The first-order valence-electron chi connectivity index (χ1n) is 8.67. The summed E-state index contributed by atoms with van der Waals surface area (Å²) in [6.07, 6.45) is 2.45. The van der Waals surface area contributed by atoms with Crippen molar-refractivity contribution in [3.8, 4) is 11.1 Å². The van der Waals surface area contributed by atoms with Crippen LogP contribution >= 0.6 is 0 Å². The highest BCUT2D eigenvalue weighted by Gasteiger charge is 2.28. The maximum atomic E-state index is 12.3. The molecule has 0 aliphatic heterocycles. The van der Waals surface area contributed by atoms with Crippen LogP contribution in [0.2, 0.25) is 0 Å². The van der Waals surface area contributed by atoms with Gasteiger partial charge in [-0.3, -0.25) is 9.78 Å². The maximum absolute atomic E-state index is 12.3. The minimum Gasteiger partial charge on any atom is -0.373 e. The van der Waals surface area contributed by atoms with E-state index in [0.29, 0.717) is 27.8 Å². The van der Waals surface area contributed by atoms with Crippen LogP contribution in [-0.4, -0.2) is 54.3 Å². The Balaban J connectivity index is 1.84. The molecule has 8 nitrogen and oxygen atoms in total. The van der Waals surface area contributed by atoms with E-state index >= 15 is 0 Å². The quantitative estimate of drug-likeness (QED) is 0.541. The monoisotopic (exact) mass is 441 g/mol. The molecule has 3 aromatic heterocycles. The van der Waals surface area contributed by atoms with Crippen molar-refractivity contribution in [3.63, 3.8) is 0 Å². The van der Waals surface area contributed by atoms with E-state index in [9.17, 15) is 26.4 Å². The Morgan fingerprint density at radius 3 is 2.63 bits per heavy atom. The number of pyridine rings is 2. The van der Waals surface area contributed by atoms with Gasteiger partial charge < -0.3 is 15.6 Å². The average Bonchev–Trinajstić information content (AvgIpc) is 3.08. The molecule has 160 valence electrons. The number of carbonyl (C=O) groups is 1. The van der Waals surface area contributed by atoms with Crippen molar-refractivity contribution in [1.29, 1.82) is 0 Å². The summed E-state index contributed by atoms with van der Waals surface area (Å²) >= 11 is 0. The highest BCUT2D eigenvalue weighted by atomic mass is 32.2. The molecular weight excluding hydrogens is 423 g/mol. The van der Waals surface area contributed by atoms with Gasteiger partial charge in [-0.25, -0.2) is 13.4 Å². The number of halogens is 3. The van der Waals surface area contributed by atoms with Crippen LogP contribution in [0, 0.1) is 0 Å². The van der Waals surface area contributed by atoms with Gasteiger partial charge in [-0.2, -0.15) is 13.2 Å². The highest BCUT2D eigenvalue weighted by Crippen LogP contribution is 2.30. The number of carbonyl (C=O) groups excluding carboxylic acids is 1. The molecule has 3 heterocycles. The molecule has 0 bridgehead atoms. The summed E-state index contributed by atoms with van der Waals surface area (Å²) in [7, 11) is -3.45. The van der Waals surface area contributed by atoms with E-state index < -0.39 is 34.5 Å². The lowest BCUT2D eigenvalue weighted by Gasteiger charge is -2.16. The minimum atomic E-state index is -4.49. The second-order valence-corrected chi connectivity index (χ2v) is 8.72. The summed E-state index contributed by atoms with van der Waals surface area (Å²) in [4.78, 5) is 23.1. The van der Waals surface area contributed by atoms with Crippen LogP contribution in [0.4, 0.5) is 18.9 Å². The van der Waals surface area contributed by atoms with Crippen molar-refractivity contribution in [3.05, 3.63) is 36.9 Å². The Morgan fingerprint density at radius 1 is 1.23 bits per heavy atom. The molecule has 0 saturated heterocycles. The van der Waals surface area contributed by atoms with Gasteiger partial charge in [0.15, 0.2) is 9.84 Å². The van der Waals surface area contributed by atoms with Gasteiger partial charge >= 0.3 is 6.18 Å². The second kappa shape index (κ2) is 7.94. The van der Waals surface area contributed by atoms with Crippen molar-refractivity contribution in [2.75, 3.05) is 18.1 Å². The van der Waals surface area contributed by atoms with E-state index in [1.54, 1.807) is 12.3 Å². The third-order valence-corrected chi connectivity index (χ3v) is 5.30. The zero-order valence-corrected chi connectivity index (χ0v) is 16.7. The number of sulfone groups is 1. The predicted octanol–water partition coefficient (Wildman–Crippen LogP) is 2.51. The largest absolute Gasteiger partial charge is 0.405 e. The third-order valence-electron chi connectivity index (χ3n) is 4.22. The molecule has 0 radical (unpaired) electrons. The van der Waals surface area contributed by atoms with E-state index in [-0.39, 0.29) is 4.90 Å². The lowest BCUT2D eigenvalue weighted by molar-refractivity contribution is -0.138. The molecule has 1 amide bonds. The van der Waals surface area contributed by atoms with Gasteiger partial charge in [0.05, 0.1) is 10.6 Å². The maximum Gasteiger partial charge on any atom is 0.405 e. The zero-order valence-electron chi connectivity index (χ0n) is 15.9. The zero-order chi connectivity index (χ0) is 22.1. The Kier molecular flexibility index (Phi) is 5.70. The summed E-state index contributed by atoms with van der Waals surface area (Å²) in [5, 5.41) is 5.18. The van der Waals surface area contributed by atoms with Gasteiger partial charge in [-0.05, 0) is 19.1 Å². The first kappa shape index (κ1) is 21.6. The standard InChI is InChI=1S/C18H18F3N5O3S/c1-10(17(27)25-9-18(19,20)21)26-12-3-11(5-22-6-12)15-8-24-16-14(15)4-13(7-23-16)30(2,28)29/h3-8,10,26H,9H2,1-2H3,(H,23,24)(H,25,27)/t10-/m1/s1. The SMILES string of the molecule is C[C@@H](Nc1cncc(-c2c[nH]c3ncc(S(C)(=O)=O)cc23)c1)C(=O)NCC(F)(F)F. The average molecular weight is 441 g/mol. The van der Waals surface area contributed by atoms with Crippen molar-refractivity contribution >= 4 is 32.5 Å². The second-order valence-electron chi connectivity index (χ2n) is 6.70. The molecular formula is C18H18F3N5O3S. The molecule has 3 aromatic rings. The van der Waals surface area contributed by atoms with Gasteiger partial charge in [-0.15, -0.1) is 0 Å². The van der Waals surface area contributed by atoms with Gasteiger partial charge in [0.2, 0.25) is 5.91 Å². The number of aromatic amines is 1. The van der Waals surface area contributed by atoms with E-state index in [2.05, 4.69) is 20.3 Å². The number of aromatic nitrogens is 3. The molecule has 1 atom stereocenters. The van der Waals surface area contributed by atoms with Crippen molar-refractivity contribution in [1.82, 2.24) is 20.3 Å². The van der Waals surface area contributed by atoms with Crippen molar-refractivity contribution in [2.24, 2.45) is 0 Å². The van der Waals surface area contributed by atoms with Crippen LogP contribution in [0.3, 0.4) is 0 Å². The van der Waals surface area contributed by atoms with Crippen LogP contribution < -0.4 is 10.6 Å². The van der Waals surface area contributed by atoms with Gasteiger partial charge in [0.1, 0.15) is 18.2 Å². The van der Waals surface area contributed by atoms with Crippen LogP contribution in [0.1, 0.15) is 6.92 Å². The molecule has 3 N–H and O–H groups in total. The number of hydrogen-bond donors (Lipinski definition) is 3. The van der Waals surface area contributed by atoms with Gasteiger partial charge in [0, 0.05) is 47.6 Å². The normalized spacial score (nSPS) is 13.2. The Morgan fingerprint density at radius 2 is 1.97 bits per heavy atom. The molecule has 0 unspecified atom stereocenters. The van der Waals surface area contributed by atoms with Gasteiger partial charge in [-0.1, -0.05) is 0 Å². The molecule has 0 saturated carbocycles. The number of hydrogen-bond acceptors (Lipinski definition) is 6. The van der Waals surface area contributed by atoms with E-state index in [1.165, 1.54) is 31.6 Å². The van der Waals surface area contributed by atoms with Crippen LogP contribution in [0.15, 0.2) is 41.8 Å². The fraction of sp³-hybridized carbons (Fsp3) is 0.278. The van der Waals surface area contributed by atoms with Crippen molar-refractivity contribution in [2.45, 2.75) is 24.0 Å². The number of rotatable bonds is 6. The third kappa shape index (κ3) is 5.06. The summed E-state index contributed by atoms with van der Waals surface area (Å²) in [5.74, 6) is -0.813. The molecule has 0 aromatic carbocycles. The smallest absolute Gasteiger partial charge is 0.373 e. The summed E-state index contributed by atoms with van der Waals surface area (Å²) < 4.78 is 60.4. The number of alkyl halides is 3. The summed E-state index contributed by atoms with van der Waals surface area (Å²) in [6, 6.07) is 2.21. The number of nitrogens with zero attached hydrogens (tertiary/aromatic N) is 2. The number of anilines is 1. The topological polar surface area (TPSA) is 117 Å². The fourth-order valence-electron chi connectivity index (χ4n) is 2.75. The molecule has 3 rings (SSSR count). The number of fused-ring (bicyclic) bond motifs is 1. The minimum absolute atomic E-state index is 0.0630. The van der Waals surface area contributed by atoms with Crippen LogP contribution in [-0.2, 0) is 14.6 Å². The predicted molar refractivity (Wildman–Crippen MR) is 105 cm³/mol. The molecule has 0 aliphatic carbocycles. The highest BCUT2D eigenvalue weighted by molar-refractivity contribution is 7.90. The Hall–Kier alpha value is -3.15. The number of H-pyrrole nitrogens is 1. The molecule has 12 heteroatoms. The van der Waals surface area contributed by atoms with E-state index in [0.717, 1.165) is 6.26 Å². The summed E-state index contributed by atoms with van der Waals surface area (Å²) in [6.45, 7) is 0.00747. The fourth-order valence-corrected chi connectivity index (χ4v) is 3.32. The lowest BCUT2D eigenvalue weighted by atomic mass is 10.1. The molecule has 0 aliphatic rings. The van der Waals surface area contributed by atoms with Gasteiger partial charge in [0.25, 0.3) is 0 Å². The van der Waals surface area contributed by atoms with Crippen LogP contribution in [0.25, 0.3) is 22.2 Å². The summed E-state index contributed by atoms with van der Waals surface area (Å²) in [5.41, 5.74) is 2.12. The Labute approximate surface area is 169 Å². The van der Waals surface area contributed by atoms with Crippen molar-refractivity contribution < 1.29 is 26.4 Å².